The van der Waals surface area contributed by atoms with Gasteiger partial charge < -0.3 is 15.5 Å². The highest BCUT2D eigenvalue weighted by Crippen LogP contribution is 2.29. The summed E-state index contributed by atoms with van der Waals surface area (Å²) in [5.41, 5.74) is 0.880. The number of hydrogen-bond donors (Lipinski definition) is 3. The zero-order valence-electron chi connectivity index (χ0n) is 15.9. The molecule has 0 aliphatic heterocycles. The highest BCUT2D eigenvalue weighted by molar-refractivity contribution is 6.01. The molecule has 0 radical (unpaired) electrons. The maximum absolute atomic E-state index is 12.4. The fraction of sp³-hybridized carbons (Fsp3) is 0.579. The number of rotatable bonds is 7. The molecule has 1 saturated carbocycles. The van der Waals surface area contributed by atoms with Crippen molar-refractivity contribution in [3.8, 4) is 11.6 Å². The Bertz CT molecular complexity index is 872. The van der Waals surface area contributed by atoms with E-state index in [1.54, 1.807) is 13.1 Å². The summed E-state index contributed by atoms with van der Waals surface area (Å²) < 4.78 is 2.74. The van der Waals surface area contributed by atoms with Crippen molar-refractivity contribution >= 4 is 11.5 Å². The van der Waals surface area contributed by atoms with Crippen molar-refractivity contribution in [3.63, 3.8) is 0 Å². The van der Waals surface area contributed by atoms with E-state index >= 15 is 0 Å². The predicted molar refractivity (Wildman–Crippen MR) is 102 cm³/mol. The lowest BCUT2D eigenvalue weighted by Gasteiger charge is -2.20. The van der Waals surface area contributed by atoms with Gasteiger partial charge >= 0.3 is 5.69 Å². The van der Waals surface area contributed by atoms with E-state index < -0.39 is 11.6 Å². The maximum Gasteiger partial charge on any atom is 0.333 e. The number of imidazole rings is 1. The number of aromatic nitrogens is 4. The van der Waals surface area contributed by atoms with Crippen LogP contribution in [0.2, 0.25) is 0 Å². The maximum atomic E-state index is 12.4. The molecule has 2 heterocycles. The van der Waals surface area contributed by atoms with Crippen LogP contribution >= 0.6 is 0 Å². The Labute approximate surface area is 157 Å². The Morgan fingerprint density at radius 3 is 2.70 bits per heavy atom. The molecule has 2 aromatic rings. The minimum absolute atomic E-state index is 0.0727. The van der Waals surface area contributed by atoms with Gasteiger partial charge in [0.1, 0.15) is 5.78 Å². The molecule has 8 heteroatoms. The van der Waals surface area contributed by atoms with Crippen LogP contribution in [0.5, 0.6) is 5.88 Å². The van der Waals surface area contributed by atoms with Gasteiger partial charge in [-0.25, -0.2) is 9.36 Å². The summed E-state index contributed by atoms with van der Waals surface area (Å²) in [6.07, 6.45) is 9.67. The topological polar surface area (TPSA) is 117 Å². The monoisotopic (exact) mass is 373 g/mol. The second-order valence-electron chi connectivity index (χ2n) is 7.54. The fourth-order valence-electron chi connectivity index (χ4n) is 3.86. The van der Waals surface area contributed by atoms with Crippen molar-refractivity contribution in [3.05, 3.63) is 28.6 Å². The zero-order valence-corrected chi connectivity index (χ0v) is 15.9. The van der Waals surface area contributed by atoms with Crippen molar-refractivity contribution < 1.29 is 9.90 Å². The smallest absolute Gasteiger partial charge is 0.333 e. The quantitative estimate of drug-likeness (QED) is 0.646. The van der Waals surface area contributed by atoms with Gasteiger partial charge in [-0.05, 0) is 26.2 Å². The molecular weight excluding hydrogens is 346 g/mol. The molecule has 146 valence electrons. The van der Waals surface area contributed by atoms with E-state index in [-0.39, 0.29) is 23.9 Å². The Morgan fingerprint density at radius 2 is 2.07 bits per heavy atom. The lowest BCUT2D eigenvalue weighted by Crippen LogP contribution is -2.24. The molecule has 0 aromatic carbocycles. The number of hydrogen-bond acceptors (Lipinski definition) is 5. The first-order valence-corrected chi connectivity index (χ1v) is 9.48. The lowest BCUT2D eigenvalue weighted by atomic mass is 9.86. The summed E-state index contributed by atoms with van der Waals surface area (Å²) in [7, 11) is 0. The van der Waals surface area contributed by atoms with E-state index in [1.165, 1.54) is 41.6 Å². The number of aromatic amines is 1. The Hall–Kier alpha value is -2.64. The molecule has 1 aliphatic carbocycles. The average molecular weight is 373 g/mol. The van der Waals surface area contributed by atoms with Crippen molar-refractivity contribution in [2.45, 2.75) is 58.9 Å². The molecule has 0 bridgehead atoms. The van der Waals surface area contributed by atoms with Gasteiger partial charge in [0.15, 0.2) is 0 Å². The molecule has 0 saturated heterocycles. The third-order valence-corrected chi connectivity index (χ3v) is 5.42. The molecular formula is C19H27N5O3. The molecule has 3 rings (SSSR count). The summed E-state index contributed by atoms with van der Waals surface area (Å²) in [5, 5.41) is 22.5. The normalized spacial score (nSPS) is 16.4. The van der Waals surface area contributed by atoms with Gasteiger partial charge in [-0.1, -0.05) is 32.1 Å². The van der Waals surface area contributed by atoms with E-state index in [0.29, 0.717) is 23.7 Å². The third kappa shape index (κ3) is 4.20. The standard InChI is InChI=1S/C19H27N5O3/c1-12(20)16(13(2)25)11-23-10-15(9-21-23)24-18(26)17(22-19(24)27)8-14-6-4-3-5-7-14/h9-10,14,16,20,26H,3-8,11H2,1-2H3,(H,22,27). The number of aromatic hydroxyl groups is 1. The molecule has 1 atom stereocenters. The molecule has 3 N–H and O–H groups in total. The van der Waals surface area contributed by atoms with Gasteiger partial charge in [0, 0.05) is 11.9 Å². The number of ketones is 1. The molecule has 1 unspecified atom stereocenters. The van der Waals surface area contributed by atoms with Gasteiger partial charge in [-0.2, -0.15) is 5.10 Å². The molecule has 27 heavy (non-hydrogen) atoms. The van der Waals surface area contributed by atoms with Crippen molar-refractivity contribution in [1.82, 2.24) is 19.3 Å². The number of H-pyrrole nitrogens is 1. The van der Waals surface area contributed by atoms with Crippen LogP contribution in [-0.4, -0.2) is 35.9 Å². The number of nitrogens with zero attached hydrogens (tertiary/aromatic N) is 3. The van der Waals surface area contributed by atoms with Crippen LogP contribution in [0.1, 0.15) is 51.6 Å². The zero-order chi connectivity index (χ0) is 19.6. The minimum atomic E-state index is -0.545. The van der Waals surface area contributed by atoms with Crippen LogP contribution in [0.15, 0.2) is 17.2 Å². The average Bonchev–Trinajstić information content (AvgIpc) is 3.17. The van der Waals surface area contributed by atoms with Crippen molar-refractivity contribution in [2.24, 2.45) is 11.8 Å². The lowest BCUT2D eigenvalue weighted by molar-refractivity contribution is -0.119. The van der Waals surface area contributed by atoms with Crippen LogP contribution in [0.4, 0.5) is 0 Å². The highest BCUT2D eigenvalue weighted by Gasteiger charge is 2.22. The van der Waals surface area contributed by atoms with E-state index in [1.807, 2.05) is 0 Å². The first kappa shape index (κ1) is 19.1. The molecule has 1 fully saturated rings. The van der Waals surface area contributed by atoms with E-state index in [9.17, 15) is 14.7 Å². The van der Waals surface area contributed by atoms with Crippen molar-refractivity contribution in [1.29, 1.82) is 5.41 Å². The summed E-state index contributed by atoms with van der Waals surface area (Å²) in [6.45, 7) is 3.28. The van der Waals surface area contributed by atoms with Crippen LogP contribution in [-0.2, 0) is 17.8 Å². The highest BCUT2D eigenvalue weighted by atomic mass is 16.3. The molecule has 0 spiro atoms. The van der Waals surface area contributed by atoms with Crippen LogP contribution < -0.4 is 5.69 Å². The van der Waals surface area contributed by atoms with Gasteiger partial charge in [0.2, 0.25) is 5.88 Å². The Kier molecular flexibility index (Phi) is 5.62. The van der Waals surface area contributed by atoms with E-state index in [2.05, 4.69) is 10.1 Å². The minimum Gasteiger partial charge on any atom is -0.493 e. The van der Waals surface area contributed by atoms with Gasteiger partial charge in [0.05, 0.1) is 30.0 Å². The number of carbonyl (C=O) groups excluding carboxylic acids is 1. The summed E-state index contributed by atoms with van der Waals surface area (Å²) in [5.74, 6) is -0.227. The van der Waals surface area contributed by atoms with Crippen molar-refractivity contribution in [2.75, 3.05) is 0 Å². The number of nitrogens with one attached hydrogen (secondary N) is 2. The predicted octanol–water partition coefficient (Wildman–Crippen LogP) is 2.44. The first-order valence-electron chi connectivity index (χ1n) is 9.48. The number of carbonyl (C=O) groups is 1. The Morgan fingerprint density at radius 1 is 1.37 bits per heavy atom. The summed E-state index contributed by atoms with van der Waals surface area (Å²) in [6, 6.07) is 0. The van der Waals surface area contributed by atoms with Gasteiger partial charge in [-0.15, -0.1) is 0 Å². The van der Waals surface area contributed by atoms with Crippen LogP contribution in [0.3, 0.4) is 0 Å². The van der Waals surface area contributed by atoms with E-state index in [0.717, 1.165) is 12.8 Å². The summed E-state index contributed by atoms with van der Waals surface area (Å²) in [4.78, 5) is 26.8. The molecule has 1 aliphatic rings. The molecule has 8 nitrogen and oxygen atoms in total. The van der Waals surface area contributed by atoms with Crippen LogP contribution in [0, 0.1) is 17.2 Å². The Balaban J connectivity index is 1.81. The molecule has 0 amide bonds. The second-order valence-corrected chi connectivity index (χ2v) is 7.54. The first-order chi connectivity index (χ1) is 12.9. The second kappa shape index (κ2) is 7.94. The molecule has 2 aromatic heterocycles. The van der Waals surface area contributed by atoms with Gasteiger partial charge in [0.25, 0.3) is 0 Å². The number of Topliss-reactive ketones (excluding diaryl/α,β-unsaturated/α-hetero) is 1. The summed E-state index contributed by atoms with van der Waals surface area (Å²) >= 11 is 0. The van der Waals surface area contributed by atoms with E-state index in [4.69, 9.17) is 5.41 Å². The SMILES string of the molecule is CC(=N)C(Cn1cc(-n2c(O)c(CC3CCCCC3)[nH]c2=O)cn1)C(C)=O. The van der Waals surface area contributed by atoms with Gasteiger partial charge in [-0.3, -0.25) is 9.48 Å². The fourth-order valence-corrected chi connectivity index (χ4v) is 3.86. The largest absolute Gasteiger partial charge is 0.493 e. The van der Waals surface area contributed by atoms with Crippen LogP contribution in [0.25, 0.3) is 5.69 Å². The third-order valence-electron chi connectivity index (χ3n) is 5.42.